The maximum atomic E-state index is 12.7. The fourth-order valence-electron chi connectivity index (χ4n) is 2.04. The molecule has 0 N–H and O–H groups in total. The molecule has 0 atom stereocenters. The average molecular weight is 359 g/mol. The molecule has 0 fully saturated rings. The van der Waals surface area contributed by atoms with Gasteiger partial charge in [0.25, 0.3) is 5.43 Å². The van der Waals surface area contributed by atoms with E-state index in [1.807, 2.05) is 0 Å². The van der Waals surface area contributed by atoms with Crippen LogP contribution in [-0.2, 0) is 17.9 Å². The van der Waals surface area contributed by atoms with Crippen molar-refractivity contribution in [3.8, 4) is 0 Å². The van der Waals surface area contributed by atoms with Crippen LogP contribution in [0.1, 0.15) is 5.76 Å². The first-order valence-corrected chi connectivity index (χ1v) is 6.87. The number of carbonyl (C=O) groups excluding carboxylic acids is 1. The van der Waals surface area contributed by atoms with Gasteiger partial charge in [-0.2, -0.15) is 13.2 Å². The summed E-state index contributed by atoms with van der Waals surface area (Å²) in [5.41, 5.74) is -1.64. The average Bonchev–Trinajstić information content (AvgIpc) is 3.00. The minimum atomic E-state index is -4.63. The number of rotatable bonds is 6. The van der Waals surface area contributed by atoms with Gasteiger partial charge in [0.05, 0.1) is 23.9 Å². The third-order valence-electron chi connectivity index (χ3n) is 3.12. The number of nitrogens with zero attached hydrogens (tertiary/aromatic N) is 3. The normalized spacial score (nSPS) is 11.3. The van der Waals surface area contributed by atoms with Crippen LogP contribution in [0.3, 0.4) is 0 Å². The number of nitro groups is 1. The molecule has 11 heteroatoms. The fourth-order valence-corrected chi connectivity index (χ4v) is 2.04. The van der Waals surface area contributed by atoms with Gasteiger partial charge < -0.3 is 13.9 Å². The second-order valence-electron chi connectivity index (χ2n) is 5.07. The lowest BCUT2D eigenvalue weighted by Gasteiger charge is -2.23. The van der Waals surface area contributed by atoms with Gasteiger partial charge >= 0.3 is 11.9 Å². The highest BCUT2D eigenvalue weighted by molar-refractivity contribution is 5.76. The molecule has 8 nitrogen and oxygen atoms in total. The van der Waals surface area contributed by atoms with Crippen molar-refractivity contribution in [3.63, 3.8) is 0 Å². The van der Waals surface area contributed by atoms with E-state index >= 15 is 0 Å². The molecule has 0 aliphatic heterocycles. The molecule has 2 aromatic rings. The van der Waals surface area contributed by atoms with Crippen LogP contribution in [0.5, 0.6) is 0 Å². The van der Waals surface area contributed by atoms with Crippen molar-refractivity contribution in [2.75, 3.05) is 6.54 Å². The van der Waals surface area contributed by atoms with Crippen LogP contribution in [0.15, 0.2) is 46.1 Å². The first kappa shape index (κ1) is 18.2. The van der Waals surface area contributed by atoms with Crippen molar-refractivity contribution >= 4 is 11.6 Å². The molecule has 0 bridgehead atoms. The predicted molar refractivity (Wildman–Crippen MR) is 77.5 cm³/mol. The molecule has 0 spiro atoms. The van der Waals surface area contributed by atoms with Crippen LogP contribution < -0.4 is 5.43 Å². The summed E-state index contributed by atoms with van der Waals surface area (Å²) in [7, 11) is 0. The highest BCUT2D eigenvalue weighted by Gasteiger charge is 2.33. The van der Waals surface area contributed by atoms with Gasteiger partial charge in [0.15, 0.2) is 0 Å². The number of carbonyl (C=O) groups is 1. The Morgan fingerprint density at radius 1 is 1.36 bits per heavy atom. The Kier molecular flexibility index (Phi) is 5.25. The van der Waals surface area contributed by atoms with Crippen molar-refractivity contribution in [2.45, 2.75) is 19.3 Å². The van der Waals surface area contributed by atoms with Crippen LogP contribution in [0.4, 0.5) is 18.9 Å². The van der Waals surface area contributed by atoms with E-state index < -0.39 is 47.8 Å². The van der Waals surface area contributed by atoms with Crippen molar-refractivity contribution in [2.24, 2.45) is 0 Å². The van der Waals surface area contributed by atoms with Gasteiger partial charge in [0.1, 0.15) is 18.8 Å². The van der Waals surface area contributed by atoms with E-state index in [1.165, 1.54) is 18.4 Å². The zero-order valence-electron chi connectivity index (χ0n) is 12.6. The summed E-state index contributed by atoms with van der Waals surface area (Å²) < 4.78 is 44.0. The number of furan rings is 1. The molecule has 0 unspecified atom stereocenters. The van der Waals surface area contributed by atoms with Crippen LogP contribution >= 0.6 is 0 Å². The van der Waals surface area contributed by atoms with Gasteiger partial charge in [-0.3, -0.25) is 19.7 Å². The molecule has 0 aromatic carbocycles. The van der Waals surface area contributed by atoms with E-state index in [9.17, 15) is 32.9 Å². The summed E-state index contributed by atoms with van der Waals surface area (Å²) in [4.78, 5) is 33.8. The Hall–Kier alpha value is -3.11. The Bertz CT molecular complexity index is 814. The SMILES string of the molecule is O=C(Cn1ccc(=O)c([N+](=O)[O-])c1)N(Cc1ccco1)CC(F)(F)F. The minimum Gasteiger partial charge on any atom is -0.467 e. The van der Waals surface area contributed by atoms with Gasteiger partial charge in [-0.05, 0) is 12.1 Å². The largest absolute Gasteiger partial charge is 0.467 e. The van der Waals surface area contributed by atoms with Crippen LogP contribution in [-0.4, -0.2) is 33.0 Å². The second kappa shape index (κ2) is 7.20. The Morgan fingerprint density at radius 2 is 2.08 bits per heavy atom. The molecular weight excluding hydrogens is 347 g/mol. The minimum absolute atomic E-state index is 0.156. The topological polar surface area (TPSA) is 98.6 Å². The summed E-state index contributed by atoms with van der Waals surface area (Å²) in [6.07, 6.45) is -1.47. The quantitative estimate of drug-likeness (QED) is 0.580. The third kappa shape index (κ3) is 5.19. The number of hydrogen-bond acceptors (Lipinski definition) is 5. The van der Waals surface area contributed by atoms with Crippen LogP contribution in [0, 0.1) is 10.1 Å². The smallest absolute Gasteiger partial charge is 0.406 e. The van der Waals surface area contributed by atoms with Crippen LogP contribution in [0.25, 0.3) is 0 Å². The number of pyridine rings is 1. The zero-order valence-corrected chi connectivity index (χ0v) is 12.6. The first-order valence-electron chi connectivity index (χ1n) is 6.87. The standard InChI is InChI=1S/C14H12F3N3O5/c15-14(16,17)9-19(6-10-2-1-5-25-10)13(22)8-18-4-3-12(21)11(7-18)20(23)24/h1-5,7H,6,8-9H2. The highest BCUT2D eigenvalue weighted by atomic mass is 19.4. The maximum absolute atomic E-state index is 12.7. The molecule has 0 saturated heterocycles. The molecule has 0 aliphatic carbocycles. The monoisotopic (exact) mass is 359 g/mol. The number of hydrogen-bond donors (Lipinski definition) is 0. The van der Waals surface area contributed by atoms with Crippen molar-refractivity contribution in [1.82, 2.24) is 9.47 Å². The fraction of sp³-hybridized carbons (Fsp3) is 0.286. The molecule has 0 saturated carbocycles. The number of aromatic nitrogens is 1. The van der Waals surface area contributed by atoms with Gasteiger partial charge in [0.2, 0.25) is 5.91 Å². The molecule has 2 rings (SSSR count). The molecule has 2 heterocycles. The van der Waals surface area contributed by atoms with E-state index in [0.717, 1.165) is 23.0 Å². The first-order chi connectivity index (χ1) is 11.7. The van der Waals surface area contributed by atoms with Crippen molar-refractivity contribution < 1.29 is 27.3 Å². The molecule has 25 heavy (non-hydrogen) atoms. The Labute approximate surface area is 138 Å². The van der Waals surface area contributed by atoms with Gasteiger partial charge in [0, 0.05) is 12.3 Å². The molecule has 134 valence electrons. The summed E-state index contributed by atoms with van der Waals surface area (Å²) in [5.74, 6) is -0.782. The summed E-state index contributed by atoms with van der Waals surface area (Å²) in [6, 6.07) is 3.75. The highest BCUT2D eigenvalue weighted by Crippen LogP contribution is 2.19. The predicted octanol–water partition coefficient (Wildman–Crippen LogP) is 1.94. The van der Waals surface area contributed by atoms with E-state index in [1.54, 1.807) is 0 Å². The van der Waals surface area contributed by atoms with E-state index in [-0.39, 0.29) is 5.76 Å². The van der Waals surface area contributed by atoms with E-state index in [0.29, 0.717) is 4.90 Å². The van der Waals surface area contributed by atoms with Crippen molar-refractivity contribution in [1.29, 1.82) is 0 Å². The summed E-state index contributed by atoms with van der Waals surface area (Å²) in [6.45, 7) is -2.51. The number of amides is 1. The van der Waals surface area contributed by atoms with Crippen LogP contribution in [0.2, 0.25) is 0 Å². The summed E-state index contributed by atoms with van der Waals surface area (Å²) in [5, 5.41) is 10.7. The number of alkyl halides is 3. The van der Waals surface area contributed by atoms with E-state index in [2.05, 4.69) is 0 Å². The number of halogens is 3. The molecule has 2 aromatic heterocycles. The molecule has 1 amide bonds. The van der Waals surface area contributed by atoms with Gasteiger partial charge in [-0.1, -0.05) is 0 Å². The molecular formula is C14H12F3N3O5. The lowest BCUT2D eigenvalue weighted by Crippen LogP contribution is -2.40. The van der Waals surface area contributed by atoms with Crippen molar-refractivity contribution in [3.05, 3.63) is 63.0 Å². The zero-order chi connectivity index (χ0) is 18.6. The molecule has 0 radical (unpaired) electrons. The lowest BCUT2D eigenvalue weighted by molar-refractivity contribution is -0.386. The van der Waals surface area contributed by atoms with Gasteiger partial charge in [-0.15, -0.1) is 0 Å². The summed E-state index contributed by atoms with van der Waals surface area (Å²) >= 11 is 0. The Balaban J connectivity index is 2.20. The van der Waals surface area contributed by atoms with Gasteiger partial charge in [-0.25, -0.2) is 0 Å². The lowest BCUT2D eigenvalue weighted by atomic mass is 10.3. The third-order valence-corrected chi connectivity index (χ3v) is 3.12. The van der Waals surface area contributed by atoms with E-state index in [4.69, 9.17) is 4.42 Å². The molecule has 0 aliphatic rings. The second-order valence-corrected chi connectivity index (χ2v) is 5.07. The Morgan fingerprint density at radius 3 is 2.64 bits per heavy atom. The maximum Gasteiger partial charge on any atom is 0.406 e.